The molecular formula is C18H24N2O3. The lowest BCUT2D eigenvalue weighted by Gasteiger charge is -2.03. The summed E-state index contributed by atoms with van der Waals surface area (Å²) < 4.78 is 0. The third-order valence-electron chi connectivity index (χ3n) is 4.19. The molecule has 0 unspecified atom stereocenters. The fourth-order valence-electron chi connectivity index (χ4n) is 2.63. The molecule has 5 nitrogen and oxygen atoms in total. The smallest absolute Gasteiger partial charge is 0.303 e. The molecule has 0 radical (unpaired) electrons. The van der Waals surface area contributed by atoms with Gasteiger partial charge >= 0.3 is 5.97 Å². The third-order valence-corrected chi connectivity index (χ3v) is 4.19. The largest absolute Gasteiger partial charge is 0.481 e. The lowest BCUT2D eigenvalue weighted by atomic mass is 10.1. The van der Waals surface area contributed by atoms with Crippen molar-refractivity contribution in [3.63, 3.8) is 0 Å². The highest BCUT2D eigenvalue weighted by Crippen LogP contribution is 2.22. The maximum atomic E-state index is 12.2. The number of hydrogen-bond donors (Lipinski definition) is 3. The maximum Gasteiger partial charge on any atom is 0.303 e. The van der Waals surface area contributed by atoms with Gasteiger partial charge in [0.15, 0.2) is 0 Å². The summed E-state index contributed by atoms with van der Waals surface area (Å²) in [7, 11) is 0. The molecule has 1 heterocycles. The van der Waals surface area contributed by atoms with Crippen molar-refractivity contribution >= 4 is 22.8 Å². The minimum Gasteiger partial charge on any atom is -0.481 e. The molecule has 23 heavy (non-hydrogen) atoms. The number of aryl methyl sites for hydroxylation is 2. The number of hydrogen-bond acceptors (Lipinski definition) is 2. The van der Waals surface area contributed by atoms with Crippen LogP contribution in [-0.4, -0.2) is 28.5 Å². The van der Waals surface area contributed by atoms with E-state index in [4.69, 9.17) is 5.11 Å². The van der Waals surface area contributed by atoms with Crippen molar-refractivity contribution in [2.24, 2.45) is 0 Å². The number of fused-ring (bicyclic) bond motifs is 1. The van der Waals surface area contributed by atoms with Crippen LogP contribution in [0.4, 0.5) is 0 Å². The van der Waals surface area contributed by atoms with Crippen molar-refractivity contribution in [2.45, 2.75) is 46.0 Å². The number of aromatic amines is 1. The number of amides is 1. The van der Waals surface area contributed by atoms with Gasteiger partial charge in [0.25, 0.3) is 5.91 Å². The van der Waals surface area contributed by atoms with E-state index in [-0.39, 0.29) is 12.3 Å². The molecule has 1 amide bonds. The zero-order valence-corrected chi connectivity index (χ0v) is 13.7. The topological polar surface area (TPSA) is 82.2 Å². The van der Waals surface area contributed by atoms with Crippen molar-refractivity contribution in [2.75, 3.05) is 6.54 Å². The van der Waals surface area contributed by atoms with Crippen molar-refractivity contribution in [3.05, 3.63) is 35.0 Å². The van der Waals surface area contributed by atoms with Gasteiger partial charge in [-0.2, -0.15) is 0 Å². The molecule has 0 bridgehead atoms. The van der Waals surface area contributed by atoms with E-state index < -0.39 is 5.97 Å². The highest BCUT2D eigenvalue weighted by molar-refractivity contribution is 5.99. The first-order chi connectivity index (χ1) is 11.0. The summed E-state index contributed by atoms with van der Waals surface area (Å²) in [4.78, 5) is 25.7. The van der Waals surface area contributed by atoms with Crippen LogP contribution in [0.1, 0.15) is 53.7 Å². The van der Waals surface area contributed by atoms with Crippen LogP contribution in [0.25, 0.3) is 10.9 Å². The molecule has 0 aliphatic carbocycles. The van der Waals surface area contributed by atoms with Crippen LogP contribution in [0.2, 0.25) is 0 Å². The molecule has 0 saturated heterocycles. The number of rotatable bonds is 8. The van der Waals surface area contributed by atoms with Crippen molar-refractivity contribution < 1.29 is 14.7 Å². The molecule has 0 aliphatic rings. The van der Waals surface area contributed by atoms with E-state index in [9.17, 15) is 9.59 Å². The Hall–Kier alpha value is -2.30. The Morgan fingerprint density at radius 2 is 1.87 bits per heavy atom. The summed E-state index contributed by atoms with van der Waals surface area (Å²) in [6, 6.07) is 5.95. The minimum atomic E-state index is -0.748. The first kappa shape index (κ1) is 17.1. The summed E-state index contributed by atoms with van der Waals surface area (Å²) in [5.74, 6) is -0.841. The maximum absolute atomic E-state index is 12.2. The number of H-pyrrole nitrogens is 1. The molecule has 124 valence electrons. The quantitative estimate of drug-likeness (QED) is 0.651. The summed E-state index contributed by atoms with van der Waals surface area (Å²) in [5, 5.41) is 12.5. The number of aromatic nitrogens is 1. The summed E-state index contributed by atoms with van der Waals surface area (Å²) in [6.07, 6.45) is 3.60. The van der Waals surface area contributed by atoms with Crippen LogP contribution >= 0.6 is 0 Å². The number of aliphatic carboxylic acids is 1. The lowest BCUT2D eigenvalue weighted by Crippen LogP contribution is -2.24. The van der Waals surface area contributed by atoms with Gasteiger partial charge < -0.3 is 15.4 Å². The monoisotopic (exact) mass is 316 g/mol. The average Bonchev–Trinajstić information content (AvgIpc) is 2.94. The molecule has 3 N–H and O–H groups in total. The first-order valence-electron chi connectivity index (χ1n) is 8.08. The fourth-order valence-corrected chi connectivity index (χ4v) is 2.63. The predicted molar refractivity (Wildman–Crippen MR) is 90.8 cm³/mol. The van der Waals surface area contributed by atoms with E-state index in [0.29, 0.717) is 18.7 Å². The standard InChI is InChI=1S/C18H24N2O3/c1-12-8-9-15-14(13(12)2)11-16(20-15)18(23)19-10-6-4-3-5-7-17(21)22/h8-9,11,20H,3-7,10H2,1-2H3,(H,19,23)(H,21,22). The number of benzene rings is 1. The fraction of sp³-hybridized carbons (Fsp3) is 0.444. The molecule has 0 saturated carbocycles. The average molecular weight is 316 g/mol. The van der Waals surface area contributed by atoms with Gasteiger partial charge in [-0.05, 0) is 49.9 Å². The van der Waals surface area contributed by atoms with Gasteiger partial charge in [0.05, 0.1) is 0 Å². The molecule has 1 aromatic heterocycles. The van der Waals surface area contributed by atoms with E-state index in [0.717, 1.165) is 30.2 Å². The summed E-state index contributed by atoms with van der Waals surface area (Å²) in [5.41, 5.74) is 3.97. The number of carbonyl (C=O) groups excluding carboxylic acids is 1. The zero-order valence-electron chi connectivity index (χ0n) is 13.7. The number of carboxylic acids is 1. The number of carbonyl (C=O) groups is 2. The zero-order chi connectivity index (χ0) is 16.8. The third kappa shape index (κ3) is 4.58. The van der Waals surface area contributed by atoms with Gasteiger partial charge in [0.2, 0.25) is 0 Å². The van der Waals surface area contributed by atoms with Gasteiger partial charge in [0.1, 0.15) is 5.69 Å². The predicted octanol–water partition coefficient (Wildman–Crippen LogP) is 3.55. The second kappa shape index (κ2) is 7.81. The van der Waals surface area contributed by atoms with Crippen LogP contribution in [-0.2, 0) is 4.79 Å². The Morgan fingerprint density at radius 3 is 2.61 bits per heavy atom. The second-order valence-corrected chi connectivity index (χ2v) is 5.97. The Morgan fingerprint density at radius 1 is 1.13 bits per heavy atom. The SMILES string of the molecule is Cc1ccc2[nH]c(C(=O)NCCCCCCC(=O)O)cc2c1C. The van der Waals surface area contributed by atoms with Crippen LogP contribution < -0.4 is 5.32 Å². The van der Waals surface area contributed by atoms with Gasteiger partial charge in [-0.3, -0.25) is 9.59 Å². The Balaban J connectivity index is 1.80. The van der Waals surface area contributed by atoms with E-state index in [1.54, 1.807) is 0 Å². The van der Waals surface area contributed by atoms with Crippen molar-refractivity contribution in [1.82, 2.24) is 10.3 Å². The van der Waals surface area contributed by atoms with E-state index in [1.807, 2.05) is 18.2 Å². The summed E-state index contributed by atoms with van der Waals surface area (Å²) >= 11 is 0. The molecule has 5 heteroatoms. The van der Waals surface area contributed by atoms with Gasteiger partial charge in [0, 0.05) is 23.9 Å². The Bertz CT molecular complexity index is 704. The van der Waals surface area contributed by atoms with Crippen molar-refractivity contribution in [3.8, 4) is 0 Å². The highest BCUT2D eigenvalue weighted by atomic mass is 16.4. The van der Waals surface area contributed by atoms with Gasteiger partial charge in [-0.15, -0.1) is 0 Å². The van der Waals surface area contributed by atoms with Crippen LogP contribution in [0.3, 0.4) is 0 Å². The molecule has 1 aromatic carbocycles. The number of carboxylic acid groups (broad SMARTS) is 1. The minimum absolute atomic E-state index is 0.0937. The molecule has 0 atom stereocenters. The second-order valence-electron chi connectivity index (χ2n) is 5.97. The van der Waals surface area contributed by atoms with Crippen molar-refractivity contribution in [1.29, 1.82) is 0 Å². The molecule has 0 aliphatic heterocycles. The summed E-state index contributed by atoms with van der Waals surface area (Å²) in [6.45, 7) is 4.73. The van der Waals surface area contributed by atoms with Gasteiger partial charge in [-0.1, -0.05) is 18.9 Å². The lowest BCUT2D eigenvalue weighted by molar-refractivity contribution is -0.137. The first-order valence-corrected chi connectivity index (χ1v) is 8.08. The van der Waals surface area contributed by atoms with Gasteiger partial charge in [-0.25, -0.2) is 0 Å². The molecular weight excluding hydrogens is 292 g/mol. The molecule has 2 aromatic rings. The number of unbranched alkanes of at least 4 members (excludes halogenated alkanes) is 3. The Labute approximate surface area is 136 Å². The van der Waals surface area contributed by atoms with Crippen LogP contribution in [0.15, 0.2) is 18.2 Å². The van der Waals surface area contributed by atoms with Crippen LogP contribution in [0.5, 0.6) is 0 Å². The highest BCUT2D eigenvalue weighted by Gasteiger charge is 2.10. The normalized spacial score (nSPS) is 10.9. The number of nitrogens with one attached hydrogen (secondary N) is 2. The molecule has 2 rings (SSSR count). The van der Waals surface area contributed by atoms with E-state index in [2.05, 4.69) is 24.1 Å². The molecule has 0 fully saturated rings. The van der Waals surface area contributed by atoms with E-state index in [1.165, 1.54) is 11.1 Å². The van der Waals surface area contributed by atoms with Crippen LogP contribution in [0, 0.1) is 13.8 Å². The molecule has 0 spiro atoms. The Kier molecular flexibility index (Phi) is 5.79. The van der Waals surface area contributed by atoms with E-state index >= 15 is 0 Å².